The zero-order valence-corrected chi connectivity index (χ0v) is 16.3. The van der Waals surface area contributed by atoms with Gasteiger partial charge in [-0.15, -0.1) is 0 Å². The van der Waals surface area contributed by atoms with Crippen molar-refractivity contribution in [3.05, 3.63) is 64.0 Å². The molecule has 30 heavy (non-hydrogen) atoms. The largest absolute Gasteiger partial charge is 0.495 e. The number of nitrogens with one attached hydrogen (secondary N) is 1. The van der Waals surface area contributed by atoms with Crippen molar-refractivity contribution < 1.29 is 31.9 Å². The second-order valence-electron chi connectivity index (χ2n) is 6.59. The van der Waals surface area contributed by atoms with Crippen LogP contribution in [0.25, 0.3) is 11.0 Å². The molecule has 3 rings (SSSR count). The Hall–Kier alpha value is -3.49. The van der Waals surface area contributed by atoms with Gasteiger partial charge in [-0.1, -0.05) is 6.07 Å². The maximum atomic E-state index is 13.1. The maximum Gasteiger partial charge on any atom is 0.417 e. The highest BCUT2D eigenvalue weighted by Crippen LogP contribution is 2.35. The van der Waals surface area contributed by atoms with E-state index < -0.39 is 29.4 Å². The van der Waals surface area contributed by atoms with E-state index in [1.807, 2.05) is 13.0 Å². The van der Waals surface area contributed by atoms with E-state index in [-0.39, 0.29) is 16.7 Å². The fourth-order valence-electron chi connectivity index (χ4n) is 2.86. The summed E-state index contributed by atoms with van der Waals surface area (Å²) in [5.74, 6) is 0.0432. The summed E-state index contributed by atoms with van der Waals surface area (Å²) in [5, 5.41) is 2.41. The fourth-order valence-corrected chi connectivity index (χ4v) is 2.86. The van der Waals surface area contributed by atoms with Gasteiger partial charge in [0.05, 0.1) is 18.4 Å². The lowest BCUT2D eigenvalue weighted by Gasteiger charge is -2.17. The summed E-state index contributed by atoms with van der Waals surface area (Å²) in [7, 11) is 1.47. The van der Waals surface area contributed by atoms with Gasteiger partial charge in [-0.2, -0.15) is 13.2 Å². The van der Waals surface area contributed by atoms with Crippen LogP contribution in [-0.4, -0.2) is 19.1 Å². The molecule has 158 valence electrons. The number of hydrogen-bond donors (Lipinski definition) is 1. The fraction of sp³-hybridized carbons (Fsp3) is 0.238. The second-order valence-corrected chi connectivity index (χ2v) is 6.59. The number of methoxy groups -OCH3 is 1. The highest BCUT2D eigenvalue weighted by molar-refractivity contribution is 5.95. The lowest BCUT2D eigenvalue weighted by Crippen LogP contribution is -2.30. The molecule has 1 heterocycles. The van der Waals surface area contributed by atoms with Crippen molar-refractivity contribution in [2.75, 3.05) is 12.4 Å². The van der Waals surface area contributed by atoms with Gasteiger partial charge < -0.3 is 19.2 Å². The van der Waals surface area contributed by atoms with Crippen molar-refractivity contribution in [2.24, 2.45) is 0 Å². The van der Waals surface area contributed by atoms with Crippen LogP contribution in [-0.2, 0) is 11.0 Å². The molecular weight excluding hydrogens is 403 g/mol. The molecule has 9 heteroatoms. The first-order valence-electron chi connectivity index (χ1n) is 8.86. The molecule has 3 aromatic rings. The van der Waals surface area contributed by atoms with Gasteiger partial charge in [0.15, 0.2) is 6.10 Å². The first-order valence-corrected chi connectivity index (χ1v) is 8.86. The molecule has 0 aliphatic heterocycles. The molecule has 0 bridgehead atoms. The number of rotatable bonds is 5. The minimum Gasteiger partial charge on any atom is -0.495 e. The number of halogens is 3. The molecule has 6 nitrogen and oxygen atoms in total. The van der Waals surface area contributed by atoms with E-state index >= 15 is 0 Å². The molecule has 1 unspecified atom stereocenters. The number of carbonyl (C=O) groups excluding carboxylic acids is 1. The van der Waals surface area contributed by atoms with Gasteiger partial charge in [-0.25, -0.2) is 4.79 Å². The predicted octanol–water partition coefficient (Wildman–Crippen LogP) is 4.53. The predicted molar refractivity (Wildman–Crippen MR) is 104 cm³/mol. The van der Waals surface area contributed by atoms with Gasteiger partial charge in [0.25, 0.3) is 5.91 Å². The van der Waals surface area contributed by atoms with E-state index in [4.69, 9.17) is 13.9 Å². The number of aryl methyl sites for hydroxylation is 1. The molecule has 0 saturated carbocycles. The van der Waals surface area contributed by atoms with E-state index in [9.17, 15) is 22.8 Å². The molecule has 1 atom stereocenters. The smallest absolute Gasteiger partial charge is 0.417 e. The minimum atomic E-state index is -4.71. The number of fused-ring (bicyclic) bond motifs is 1. The summed E-state index contributed by atoms with van der Waals surface area (Å²) in [6.07, 6.45) is -5.71. The number of anilines is 1. The lowest BCUT2D eigenvalue weighted by molar-refractivity contribution is -0.136. The van der Waals surface area contributed by atoms with Crippen molar-refractivity contribution in [2.45, 2.75) is 26.1 Å². The van der Waals surface area contributed by atoms with E-state index in [0.29, 0.717) is 17.5 Å². The summed E-state index contributed by atoms with van der Waals surface area (Å²) in [5.41, 5.74) is -1.16. The Morgan fingerprint density at radius 2 is 1.87 bits per heavy atom. The molecule has 1 amide bonds. The van der Waals surface area contributed by atoms with E-state index in [1.54, 1.807) is 12.1 Å². The van der Waals surface area contributed by atoms with Crippen molar-refractivity contribution in [3.8, 4) is 11.5 Å². The Labute approximate surface area is 169 Å². The minimum absolute atomic E-state index is 0.0730. The monoisotopic (exact) mass is 421 g/mol. The standard InChI is InChI=1S/C21H18F3NO5/c1-11-4-7-17(28-3)16(8-11)25-20(27)12(2)29-13-5-6-14-15(21(22,23)24)10-19(26)30-18(14)9-13/h4-10,12H,1-3H3,(H,25,27). The van der Waals surface area contributed by atoms with Crippen LogP contribution < -0.4 is 20.4 Å². The van der Waals surface area contributed by atoms with Crippen molar-refractivity contribution >= 4 is 22.6 Å². The molecular formula is C21H18F3NO5. The normalized spacial score (nSPS) is 12.5. The van der Waals surface area contributed by atoms with Crippen LogP contribution in [0.15, 0.2) is 51.7 Å². The average Bonchev–Trinajstić information content (AvgIpc) is 2.66. The molecule has 0 spiro atoms. The third-order valence-electron chi connectivity index (χ3n) is 4.32. The third kappa shape index (κ3) is 4.56. The van der Waals surface area contributed by atoms with Gasteiger partial charge in [-0.05, 0) is 43.7 Å². The van der Waals surface area contributed by atoms with E-state index in [1.165, 1.54) is 20.1 Å². The van der Waals surface area contributed by atoms with Crippen LogP contribution in [0.2, 0.25) is 0 Å². The Morgan fingerprint density at radius 1 is 1.13 bits per heavy atom. The number of benzene rings is 2. The highest BCUT2D eigenvalue weighted by Gasteiger charge is 2.34. The molecule has 2 aromatic carbocycles. The summed E-state index contributed by atoms with van der Waals surface area (Å²) in [6.45, 7) is 3.33. The van der Waals surface area contributed by atoms with Gasteiger partial charge in [-0.3, -0.25) is 4.79 Å². The zero-order chi connectivity index (χ0) is 22.1. The molecule has 1 aromatic heterocycles. The van der Waals surface area contributed by atoms with Crippen LogP contribution in [0.4, 0.5) is 18.9 Å². The van der Waals surface area contributed by atoms with Crippen molar-refractivity contribution in [3.63, 3.8) is 0 Å². The topological polar surface area (TPSA) is 77.8 Å². The first kappa shape index (κ1) is 21.2. The summed E-state index contributed by atoms with van der Waals surface area (Å²) in [4.78, 5) is 24.0. The third-order valence-corrected chi connectivity index (χ3v) is 4.32. The Morgan fingerprint density at radius 3 is 2.53 bits per heavy atom. The quantitative estimate of drug-likeness (QED) is 0.613. The Bertz CT molecular complexity index is 1150. The molecule has 0 radical (unpaired) electrons. The zero-order valence-electron chi connectivity index (χ0n) is 16.3. The van der Waals surface area contributed by atoms with Gasteiger partial charge >= 0.3 is 11.8 Å². The molecule has 0 aliphatic carbocycles. The van der Waals surface area contributed by atoms with Crippen LogP contribution in [0.1, 0.15) is 18.1 Å². The van der Waals surface area contributed by atoms with E-state index in [0.717, 1.165) is 17.7 Å². The summed E-state index contributed by atoms with van der Waals surface area (Å²) < 4.78 is 55.0. The molecule has 0 fully saturated rings. The highest BCUT2D eigenvalue weighted by atomic mass is 19.4. The van der Waals surface area contributed by atoms with Gasteiger partial charge in [0.2, 0.25) is 0 Å². The first-order chi connectivity index (χ1) is 14.1. The number of carbonyl (C=O) groups is 1. The number of hydrogen-bond acceptors (Lipinski definition) is 5. The van der Waals surface area contributed by atoms with Crippen LogP contribution >= 0.6 is 0 Å². The van der Waals surface area contributed by atoms with Gasteiger partial charge in [0.1, 0.15) is 17.1 Å². The van der Waals surface area contributed by atoms with E-state index in [2.05, 4.69) is 5.32 Å². The average molecular weight is 421 g/mol. The van der Waals surface area contributed by atoms with Crippen LogP contribution in [0, 0.1) is 6.92 Å². The van der Waals surface area contributed by atoms with Crippen LogP contribution in [0.5, 0.6) is 11.5 Å². The lowest BCUT2D eigenvalue weighted by atomic mass is 10.1. The Balaban J connectivity index is 1.83. The Kier molecular flexibility index (Phi) is 5.73. The maximum absolute atomic E-state index is 13.1. The SMILES string of the molecule is COc1ccc(C)cc1NC(=O)C(C)Oc1ccc2c(C(F)(F)F)cc(=O)oc2c1. The molecule has 1 N–H and O–H groups in total. The summed E-state index contributed by atoms with van der Waals surface area (Å²) >= 11 is 0. The van der Waals surface area contributed by atoms with Gasteiger partial charge in [0, 0.05) is 17.5 Å². The van der Waals surface area contributed by atoms with Crippen molar-refractivity contribution in [1.82, 2.24) is 0 Å². The van der Waals surface area contributed by atoms with Crippen LogP contribution in [0.3, 0.4) is 0 Å². The summed E-state index contributed by atoms with van der Waals surface area (Å²) in [6, 6.07) is 9.20. The van der Waals surface area contributed by atoms with Crippen molar-refractivity contribution in [1.29, 1.82) is 0 Å². The number of ether oxygens (including phenoxy) is 2. The number of alkyl halides is 3. The number of amides is 1. The second kappa shape index (κ2) is 8.10. The molecule has 0 aliphatic rings. The molecule has 0 saturated heterocycles.